The van der Waals surface area contributed by atoms with Gasteiger partial charge in [-0.05, 0) is 59.6 Å². The van der Waals surface area contributed by atoms with Crippen LogP contribution in [0.1, 0.15) is 11.3 Å². The number of aryl methyl sites for hydroxylation is 2. The number of hydrogen-bond acceptors (Lipinski definition) is 3. The summed E-state index contributed by atoms with van der Waals surface area (Å²) in [5, 5.41) is 0. The van der Waals surface area contributed by atoms with E-state index in [1.165, 1.54) is 5.56 Å². The van der Waals surface area contributed by atoms with Gasteiger partial charge >= 0.3 is 0 Å². The Kier molecular flexibility index (Phi) is 4.10. The number of nitrogens with zero attached hydrogens (tertiary/aromatic N) is 2. The molecule has 0 saturated carbocycles. The topological polar surface area (TPSA) is 25.4 Å². The fraction of sp³-hybridized carbons (Fsp3) is 0.267. The molecule has 0 unspecified atom stereocenters. The first kappa shape index (κ1) is 13.9. The lowest BCUT2D eigenvalue weighted by atomic mass is 10.2. The van der Waals surface area contributed by atoms with Gasteiger partial charge in [0.1, 0.15) is 11.6 Å². The van der Waals surface area contributed by atoms with E-state index in [1.54, 1.807) is 7.11 Å². The maximum atomic E-state index is 5.42. The van der Waals surface area contributed by atoms with E-state index in [1.807, 2.05) is 43.1 Å². The van der Waals surface area contributed by atoms with Crippen molar-refractivity contribution < 1.29 is 4.74 Å². The van der Waals surface area contributed by atoms with Crippen molar-refractivity contribution >= 4 is 27.4 Å². The predicted octanol–water partition coefficient (Wildman–Crippen LogP) is 4.24. The smallest absolute Gasteiger partial charge is 0.142 e. The number of hydrogen-bond donors (Lipinski definition) is 0. The third kappa shape index (κ3) is 2.89. The van der Waals surface area contributed by atoms with Crippen LogP contribution in [0.4, 0.5) is 11.5 Å². The van der Waals surface area contributed by atoms with Crippen molar-refractivity contribution in [2.45, 2.75) is 13.8 Å². The minimum absolute atomic E-state index is 0.843. The van der Waals surface area contributed by atoms with Crippen LogP contribution in [-0.2, 0) is 0 Å². The molecule has 1 aromatic carbocycles. The molecule has 0 saturated heterocycles. The Morgan fingerprint density at radius 2 is 1.89 bits per heavy atom. The minimum Gasteiger partial charge on any atom is -0.495 e. The molecule has 1 aromatic heterocycles. The van der Waals surface area contributed by atoms with E-state index in [2.05, 4.69) is 33.9 Å². The number of aromatic nitrogens is 1. The molecule has 0 spiro atoms. The van der Waals surface area contributed by atoms with E-state index in [4.69, 9.17) is 4.74 Å². The third-order valence-electron chi connectivity index (χ3n) is 3.05. The van der Waals surface area contributed by atoms with Gasteiger partial charge in [-0.25, -0.2) is 4.98 Å². The maximum Gasteiger partial charge on any atom is 0.142 e. The molecule has 0 bridgehead atoms. The zero-order valence-electron chi connectivity index (χ0n) is 11.6. The van der Waals surface area contributed by atoms with Crippen LogP contribution in [0.2, 0.25) is 0 Å². The molecule has 0 amide bonds. The molecule has 100 valence electrons. The zero-order valence-corrected chi connectivity index (χ0v) is 13.2. The van der Waals surface area contributed by atoms with Crippen molar-refractivity contribution in [2.24, 2.45) is 0 Å². The average Bonchev–Trinajstić information content (AvgIpc) is 2.41. The number of methoxy groups -OCH3 is 1. The highest BCUT2D eigenvalue weighted by Gasteiger charge is 2.12. The summed E-state index contributed by atoms with van der Waals surface area (Å²) in [4.78, 5) is 6.61. The molecule has 19 heavy (non-hydrogen) atoms. The first-order valence-electron chi connectivity index (χ1n) is 6.04. The lowest BCUT2D eigenvalue weighted by molar-refractivity contribution is 0.415. The summed E-state index contributed by atoms with van der Waals surface area (Å²) in [7, 11) is 3.68. The van der Waals surface area contributed by atoms with Gasteiger partial charge in [-0.1, -0.05) is 6.07 Å². The van der Waals surface area contributed by atoms with Crippen LogP contribution in [-0.4, -0.2) is 19.1 Å². The van der Waals surface area contributed by atoms with E-state index < -0.39 is 0 Å². The lowest BCUT2D eigenvalue weighted by Crippen LogP contribution is -2.13. The van der Waals surface area contributed by atoms with E-state index >= 15 is 0 Å². The van der Waals surface area contributed by atoms with Crippen molar-refractivity contribution in [1.82, 2.24) is 4.98 Å². The van der Waals surface area contributed by atoms with Crippen LogP contribution >= 0.6 is 15.9 Å². The Hall–Kier alpha value is -1.55. The van der Waals surface area contributed by atoms with Gasteiger partial charge in [0, 0.05) is 11.5 Å². The molecule has 0 radical (unpaired) electrons. The Labute approximate surface area is 122 Å². The summed E-state index contributed by atoms with van der Waals surface area (Å²) in [5.74, 6) is 1.74. The second-order valence-corrected chi connectivity index (χ2v) is 5.33. The van der Waals surface area contributed by atoms with Crippen LogP contribution in [0.5, 0.6) is 5.75 Å². The van der Waals surface area contributed by atoms with Crippen molar-refractivity contribution in [3.05, 3.63) is 46.1 Å². The van der Waals surface area contributed by atoms with E-state index in [9.17, 15) is 0 Å². The molecule has 0 fully saturated rings. The molecule has 2 rings (SSSR count). The van der Waals surface area contributed by atoms with Crippen LogP contribution in [0, 0.1) is 13.8 Å². The number of ether oxygens (including phenoxy) is 1. The van der Waals surface area contributed by atoms with E-state index in [0.29, 0.717) is 0 Å². The highest BCUT2D eigenvalue weighted by Crippen LogP contribution is 2.33. The molecule has 0 aliphatic rings. The Morgan fingerprint density at radius 1 is 1.16 bits per heavy atom. The van der Waals surface area contributed by atoms with Crippen molar-refractivity contribution in [3.8, 4) is 5.75 Å². The van der Waals surface area contributed by atoms with Crippen LogP contribution < -0.4 is 9.64 Å². The third-order valence-corrected chi connectivity index (χ3v) is 3.88. The van der Waals surface area contributed by atoms with Gasteiger partial charge in [0.05, 0.1) is 18.5 Å². The molecular weight excluding hydrogens is 304 g/mol. The lowest BCUT2D eigenvalue weighted by Gasteiger charge is -2.22. The summed E-state index contributed by atoms with van der Waals surface area (Å²) in [6.07, 6.45) is 0. The molecule has 0 atom stereocenters. The second-order valence-electron chi connectivity index (χ2n) is 4.47. The van der Waals surface area contributed by atoms with Crippen molar-refractivity contribution in [3.63, 3.8) is 0 Å². The minimum atomic E-state index is 0.843. The fourth-order valence-electron chi connectivity index (χ4n) is 1.90. The molecule has 2 aromatic rings. The normalized spacial score (nSPS) is 10.4. The molecule has 3 nitrogen and oxygen atoms in total. The van der Waals surface area contributed by atoms with Gasteiger partial charge in [0.15, 0.2) is 0 Å². The van der Waals surface area contributed by atoms with Gasteiger partial charge in [-0.3, -0.25) is 0 Å². The summed E-state index contributed by atoms with van der Waals surface area (Å²) in [6, 6.07) is 10.1. The van der Waals surface area contributed by atoms with E-state index in [0.717, 1.165) is 27.4 Å². The number of rotatable bonds is 3. The standard InChI is InChI=1S/C15H17BrN2O/c1-10-5-7-14(19-4)13(9-10)18(3)15-8-6-12(16)11(2)17-15/h5-9H,1-4H3. The Balaban J connectivity index is 2.45. The van der Waals surface area contributed by atoms with E-state index in [-0.39, 0.29) is 0 Å². The number of benzene rings is 1. The quantitative estimate of drug-likeness (QED) is 0.845. The SMILES string of the molecule is COc1ccc(C)cc1N(C)c1ccc(Br)c(C)n1. The van der Waals surface area contributed by atoms with Gasteiger partial charge in [0.2, 0.25) is 0 Å². The number of halogens is 1. The van der Waals surface area contributed by atoms with Crippen molar-refractivity contribution in [1.29, 1.82) is 0 Å². The molecular formula is C15H17BrN2O. The molecule has 4 heteroatoms. The van der Waals surface area contributed by atoms with Crippen molar-refractivity contribution in [2.75, 3.05) is 19.1 Å². The predicted molar refractivity (Wildman–Crippen MR) is 82.5 cm³/mol. The molecule has 0 N–H and O–H groups in total. The van der Waals surface area contributed by atoms with Gasteiger partial charge < -0.3 is 9.64 Å². The molecule has 1 heterocycles. The fourth-order valence-corrected chi connectivity index (χ4v) is 2.12. The van der Waals surface area contributed by atoms with Crippen LogP contribution in [0.3, 0.4) is 0 Å². The number of pyridine rings is 1. The second kappa shape index (κ2) is 5.61. The van der Waals surface area contributed by atoms with Gasteiger partial charge in [-0.2, -0.15) is 0 Å². The van der Waals surface area contributed by atoms with Gasteiger partial charge in [-0.15, -0.1) is 0 Å². The first-order chi connectivity index (χ1) is 9.02. The molecule has 0 aliphatic carbocycles. The first-order valence-corrected chi connectivity index (χ1v) is 6.83. The highest BCUT2D eigenvalue weighted by atomic mass is 79.9. The summed E-state index contributed by atoms with van der Waals surface area (Å²) >= 11 is 3.47. The Bertz CT molecular complexity index is 599. The van der Waals surface area contributed by atoms with Crippen LogP contribution in [0.15, 0.2) is 34.8 Å². The summed E-state index contributed by atoms with van der Waals surface area (Å²) in [6.45, 7) is 4.05. The average molecular weight is 321 g/mol. The summed E-state index contributed by atoms with van der Waals surface area (Å²) < 4.78 is 6.43. The maximum absolute atomic E-state index is 5.42. The number of anilines is 2. The van der Waals surface area contributed by atoms with Gasteiger partial charge in [0.25, 0.3) is 0 Å². The highest BCUT2D eigenvalue weighted by molar-refractivity contribution is 9.10. The molecule has 0 aliphatic heterocycles. The largest absolute Gasteiger partial charge is 0.495 e. The summed E-state index contributed by atoms with van der Waals surface area (Å²) in [5.41, 5.74) is 3.17. The van der Waals surface area contributed by atoms with Crippen LogP contribution in [0.25, 0.3) is 0 Å². The Morgan fingerprint density at radius 3 is 2.53 bits per heavy atom. The zero-order chi connectivity index (χ0) is 14.0. The monoisotopic (exact) mass is 320 g/mol.